The summed E-state index contributed by atoms with van der Waals surface area (Å²) in [6.45, 7) is 2.31. The zero-order chi connectivity index (χ0) is 12.8. The van der Waals surface area contributed by atoms with E-state index < -0.39 is 0 Å². The summed E-state index contributed by atoms with van der Waals surface area (Å²) in [4.78, 5) is 16.0. The van der Waals surface area contributed by atoms with Crippen LogP contribution in [0.5, 0.6) is 0 Å². The highest BCUT2D eigenvalue weighted by atomic mass is 16.5. The first-order valence-electron chi connectivity index (χ1n) is 6.29. The van der Waals surface area contributed by atoms with Crippen molar-refractivity contribution >= 4 is 11.6 Å². The van der Waals surface area contributed by atoms with Crippen LogP contribution in [0.3, 0.4) is 0 Å². The molecule has 5 nitrogen and oxygen atoms in total. The van der Waals surface area contributed by atoms with Gasteiger partial charge in [-0.05, 0) is 30.9 Å². The molecule has 1 fully saturated rings. The molecule has 1 aliphatic heterocycles. The van der Waals surface area contributed by atoms with Gasteiger partial charge in [0, 0.05) is 26.8 Å². The molecule has 0 radical (unpaired) electrons. The van der Waals surface area contributed by atoms with Gasteiger partial charge in [0.15, 0.2) is 0 Å². The maximum Gasteiger partial charge on any atom is 0.269 e. The van der Waals surface area contributed by atoms with Crippen LogP contribution in [0.25, 0.3) is 0 Å². The number of rotatable bonds is 4. The Bertz CT molecular complexity index is 386. The highest BCUT2D eigenvalue weighted by Crippen LogP contribution is 2.13. The van der Waals surface area contributed by atoms with E-state index in [0.29, 0.717) is 18.2 Å². The Balaban J connectivity index is 1.82. The summed E-state index contributed by atoms with van der Waals surface area (Å²) < 4.78 is 5.28. The molecule has 18 heavy (non-hydrogen) atoms. The third kappa shape index (κ3) is 3.43. The van der Waals surface area contributed by atoms with Crippen LogP contribution in [0.1, 0.15) is 23.3 Å². The van der Waals surface area contributed by atoms with Crippen molar-refractivity contribution in [1.29, 1.82) is 0 Å². The number of anilines is 1. The van der Waals surface area contributed by atoms with Crippen molar-refractivity contribution in [2.45, 2.75) is 12.8 Å². The van der Waals surface area contributed by atoms with Crippen molar-refractivity contribution < 1.29 is 9.53 Å². The molecular weight excluding hydrogens is 230 g/mol. The Morgan fingerprint density at radius 2 is 2.22 bits per heavy atom. The molecule has 5 heteroatoms. The van der Waals surface area contributed by atoms with Crippen LogP contribution in [-0.2, 0) is 4.74 Å². The largest absolute Gasteiger partial charge is 0.387 e. The molecule has 0 bridgehead atoms. The second kappa shape index (κ2) is 6.35. The Hall–Kier alpha value is -1.62. The van der Waals surface area contributed by atoms with E-state index in [0.717, 1.165) is 31.7 Å². The number of ether oxygens (including phenoxy) is 1. The fourth-order valence-electron chi connectivity index (χ4n) is 1.95. The summed E-state index contributed by atoms with van der Waals surface area (Å²) in [5.74, 6) is 0.420. The molecule has 1 amide bonds. The molecule has 2 heterocycles. The molecule has 98 valence electrons. The molecule has 1 aromatic heterocycles. The second-order valence-corrected chi connectivity index (χ2v) is 4.45. The highest BCUT2D eigenvalue weighted by molar-refractivity contribution is 5.92. The summed E-state index contributed by atoms with van der Waals surface area (Å²) in [5, 5.41) is 5.90. The van der Waals surface area contributed by atoms with Crippen LogP contribution in [0, 0.1) is 5.92 Å². The number of pyridine rings is 1. The summed E-state index contributed by atoms with van der Waals surface area (Å²) >= 11 is 0. The van der Waals surface area contributed by atoms with Gasteiger partial charge in [-0.25, -0.2) is 4.98 Å². The number of carbonyl (C=O) groups is 1. The standard InChI is InChI=1S/C13H19N3O2/c1-14-11-2-3-12(15-9-11)13(17)16-8-10-4-6-18-7-5-10/h2-3,9-10,14H,4-8H2,1H3,(H,16,17). The fourth-order valence-corrected chi connectivity index (χ4v) is 1.95. The molecule has 0 unspecified atom stereocenters. The molecule has 1 saturated heterocycles. The lowest BCUT2D eigenvalue weighted by Crippen LogP contribution is -2.32. The van der Waals surface area contributed by atoms with Crippen LogP contribution in [0.4, 0.5) is 5.69 Å². The number of aromatic nitrogens is 1. The summed E-state index contributed by atoms with van der Waals surface area (Å²) in [7, 11) is 1.82. The lowest BCUT2D eigenvalue weighted by atomic mass is 10.0. The molecule has 0 saturated carbocycles. The topological polar surface area (TPSA) is 63.2 Å². The SMILES string of the molecule is CNc1ccc(C(=O)NCC2CCOCC2)nc1. The van der Waals surface area contributed by atoms with Crippen molar-refractivity contribution in [2.24, 2.45) is 5.92 Å². The molecule has 0 aliphatic carbocycles. The van der Waals surface area contributed by atoms with E-state index in [1.54, 1.807) is 12.3 Å². The Kier molecular flexibility index (Phi) is 4.52. The van der Waals surface area contributed by atoms with Crippen LogP contribution in [0.15, 0.2) is 18.3 Å². The minimum atomic E-state index is -0.107. The van der Waals surface area contributed by atoms with Gasteiger partial charge >= 0.3 is 0 Å². The van der Waals surface area contributed by atoms with Crippen molar-refractivity contribution in [3.8, 4) is 0 Å². The fraction of sp³-hybridized carbons (Fsp3) is 0.538. The number of carbonyl (C=O) groups excluding carboxylic acids is 1. The van der Waals surface area contributed by atoms with Crippen LogP contribution in [-0.4, -0.2) is 37.7 Å². The van der Waals surface area contributed by atoms with E-state index in [-0.39, 0.29) is 5.91 Å². The van der Waals surface area contributed by atoms with Gasteiger partial charge < -0.3 is 15.4 Å². The second-order valence-electron chi connectivity index (χ2n) is 4.45. The van der Waals surface area contributed by atoms with Crippen LogP contribution in [0.2, 0.25) is 0 Å². The Morgan fingerprint density at radius 3 is 2.83 bits per heavy atom. The van der Waals surface area contributed by atoms with E-state index in [1.165, 1.54) is 0 Å². The monoisotopic (exact) mass is 249 g/mol. The predicted molar refractivity (Wildman–Crippen MR) is 69.7 cm³/mol. The van der Waals surface area contributed by atoms with Crippen molar-refractivity contribution in [1.82, 2.24) is 10.3 Å². The smallest absolute Gasteiger partial charge is 0.269 e. The third-order valence-corrected chi connectivity index (χ3v) is 3.18. The maximum atomic E-state index is 11.9. The van der Waals surface area contributed by atoms with Gasteiger partial charge in [0.25, 0.3) is 5.91 Å². The van der Waals surface area contributed by atoms with Gasteiger partial charge in [-0.3, -0.25) is 4.79 Å². The predicted octanol–water partition coefficient (Wildman–Crippen LogP) is 1.28. The van der Waals surface area contributed by atoms with Crippen LogP contribution < -0.4 is 10.6 Å². The molecule has 1 aromatic rings. The van der Waals surface area contributed by atoms with Gasteiger partial charge in [0.05, 0.1) is 11.9 Å². The van der Waals surface area contributed by atoms with Crippen LogP contribution >= 0.6 is 0 Å². The normalized spacial score (nSPS) is 16.3. The van der Waals surface area contributed by atoms with E-state index in [1.807, 2.05) is 13.1 Å². The van der Waals surface area contributed by atoms with E-state index in [2.05, 4.69) is 15.6 Å². The van der Waals surface area contributed by atoms with Gasteiger partial charge in [0.2, 0.25) is 0 Å². The lowest BCUT2D eigenvalue weighted by molar-refractivity contribution is 0.0642. The molecule has 0 spiro atoms. The average Bonchev–Trinajstić information content (AvgIpc) is 2.46. The minimum absolute atomic E-state index is 0.107. The summed E-state index contributed by atoms with van der Waals surface area (Å²) in [6, 6.07) is 3.57. The molecule has 0 aromatic carbocycles. The van der Waals surface area contributed by atoms with Gasteiger partial charge in [-0.2, -0.15) is 0 Å². The summed E-state index contributed by atoms with van der Waals surface area (Å²) in [6.07, 6.45) is 3.70. The van der Waals surface area contributed by atoms with E-state index in [9.17, 15) is 4.79 Å². The van der Waals surface area contributed by atoms with Crippen molar-refractivity contribution in [3.05, 3.63) is 24.0 Å². The van der Waals surface area contributed by atoms with E-state index >= 15 is 0 Å². The molecule has 2 N–H and O–H groups in total. The first-order chi connectivity index (χ1) is 8.79. The molecule has 2 rings (SSSR count). The third-order valence-electron chi connectivity index (χ3n) is 3.18. The van der Waals surface area contributed by atoms with Gasteiger partial charge in [-0.15, -0.1) is 0 Å². The maximum absolute atomic E-state index is 11.9. The Morgan fingerprint density at radius 1 is 1.44 bits per heavy atom. The van der Waals surface area contributed by atoms with Crippen molar-refractivity contribution in [3.63, 3.8) is 0 Å². The molecule has 1 aliphatic rings. The minimum Gasteiger partial charge on any atom is -0.387 e. The summed E-state index contributed by atoms with van der Waals surface area (Å²) in [5.41, 5.74) is 1.36. The number of nitrogens with one attached hydrogen (secondary N) is 2. The lowest BCUT2D eigenvalue weighted by Gasteiger charge is -2.22. The van der Waals surface area contributed by atoms with Gasteiger partial charge in [-0.1, -0.05) is 0 Å². The zero-order valence-electron chi connectivity index (χ0n) is 10.6. The van der Waals surface area contributed by atoms with Crippen molar-refractivity contribution in [2.75, 3.05) is 32.1 Å². The Labute approximate surface area is 107 Å². The quantitative estimate of drug-likeness (QED) is 0.843. The molecular formula is C13H19N3O2. The number of hydrogen-bond acceptors (Lipinski definition) is 4. The zero-order valence-corrected chi connectivity index (χ0v) is 10.6. The first kappa shape index (κ1) is 12.8. The number of amides is 1. The molecule has 0 atom stereocenters. The average molecular weight is 249 g/mol. The highest BCUT2D eigenvalue weighted by Gasteiger charge is 2.15. The number of hydrogen-bond donors (Lipinski definition) is 2. The number of nitrogens with zero attached hydrogens (tertiary/aromatic N) is 1. The van der Waals surface area contributed by atoms with Gasteiger partial charge in [0.1, 0.15) is 5.69 Å². The first-order valence-corrected chi connectivity index (χ1v) is 6.29. The van der Waals surface area contributed by atoms with E-state index in [4.69, 9.17) is 4.74 Å².